The largest absolute Gasteiger partial charge is 0.497 e. The predicted octanol–water partition coefficient (Wildman–Crippen LogP) is 2.98. The highest BCUT2D eigenvalue weighted by atomic mass is 19.1. The van der Waals surface area contributed by atoms with Gasteiger partial charge in [0.2, 0.25) is 5.91 Å². The van der Waals surface area contributed by atoms with Gasteiger partial charge in [0, 0.05) is 44.0 Å². The molecule has 5 nitrogen and oxygen atoms in total. The zero-order chi connectivity index (χ0) is 20.7. The Morgan fingerprint density at radius 1 is 1.17 bits per heavy atom. The summed E-state index contributed by atoms with van der Waals surface area (Å²) < 4.78 is 18.7. The van der Waals surface area contributed by atoms with E-state index in [-0.39, 0.29) is 23.7 Å². The second kappa shape index (κ2) is 7.91. The minimum Gasteiger partial charge on any atom is -0.497 e. The maximum absolute atomic E-state index is 13.3. The highest BCUT2D eigenvalue weighted by Gasteiger charge is 2.42. The fourth-order valence-corrected chi connectivity index (χ4v) is 4.79. The van der Waals surface area contributed by atoms with Crippen molar-refractivity contribution in [2.45, 2.75) is 37.9 Å². The number of piperazine rings is 1. The van der Waals surface area contributed by atoms with Crippen molar-refractivity contribution in [3.63, 3.8) is 0 Å². The van der Waals surface area contributed by atoms with Crippen LogP contribution >= 0.6 is 0 Å². The molecule has 2 aliphatic heterocycles. The average Bonchev–Trinajstić information content (AvgIpc) is 3.58. The molecule has 1 aliphatic carbocycles. The van der Waals surface area contributed by atoms with Crippen molar-refractivity contribution in [2.75, 3.05) is 31.6 Å². The van der Waals surface area contributed by atoms with Crippen LogP contribution < -0.4 is 15.0 Å². The minimum atomic E-state index is -0.210. The van der Waals surface area contributed by atoms with E-state index in [0.717, 1.165) is 56.8 Å². The number of nitrogens with zero attached hydrogens (tertiary/aromatic N) is 2. The van der Waals surface area contributed by atoms with Crippen LogP contribution in [0, 0.1) is 11.7 Å². The molecule has 2 atom stereocenters. The molecule has 1 saturated carbocycles. The molecule has 2 aromatic rings. The van der Waals surface area contributed by atoms with Crippen LogP contribution in [0.25, 0.3) is 0 Å². The van der Waals surface area contributed by atoms with Gasteiger partial charge in [-0.15, -0.1) is 0 Å². The quantitative estimate of drug-likeness (QED) is 0.825. The van der Waals surface area contributed by atoms with Crippen LogP contribution in [0.3, 0.4) is 0 Å². The fraction of sp³-hybridized carbons (Fsp3) is 0.458. The molecule has 3 aliphatic rings. The Hall–Kier alpha value is -2.60. The summed E-state index contributed by atoms with van der Waals surface area (Å²) in [6.45, 7) is 3.35. The van der Waals surface area contributed by atoms with Gasteiger partial charge < -0.3 is 15.0 Å². The van der Waals surface area contributed by atoms with Crippen molar-refractivity contribution < 1.29 is 13.9 Å². The summed E-state index contributed by atoms with van der Waals surface area (Å²) in [7, 11) is 1.69. The van der Waals surface area contributed by atoms with Gasteiger partial charge in [-0.2, -0.15) is 0 Å². The molecule has 2 aromatic carbocycles. The van der Waals surface area contributed by atoms with E-state index in [2.05, 4.69) is 27.2 Å². The molecule has 1 N–H and O–H groups in total. The summed E-state index contributed by atoms with van der Waals surface area (Å²) in [4.78, 5) is 17.9. The molecule has 0 bridgehead atoms. The van der Waals surface area contributed by atoms with E-state index in [1.165, 1.54) is 23.4 Å². The van der Waals surface area contributed by atoms with Crippen molar-refractivity contribution in [3.8, 4) is 5.75 Å². The van der Waals surface area contributed by atoms with Crippen LogP contribution in [-0.4, -0.2) is 49.6 Å². The van der Waals surface area contributed by atoms with Gasteiger partial charge >= 0.3 is 0 Å². The third kappa shape index (κ3) is 3.88. The lowest BCUT2D eigenvalue weighted by atomic mass is 9.83. The first kappa shape index (κ1) is 19.4. The van der Waals surface area contributed by atoms with Crippen LogP contribution in [0.4, 0.5) is 10.1 Å². The lowest BCUT2D eigenvalue weighted by Crippen LogP contribution is -2.61. The fourth-order valence-electron chi connectivity index (χ4n) is 4.79. The summed E-state index contributed by atoms with van der Waals surface area (Å²) in [5, 5.41) is 3.23. The van der Waals surface area contributed by atoms with E-state index in [1.807, 2.05) is 18.2 Å². The predicted molar refractivity (Wildman–Crippen MR) is 114 cm³/mol. The van der Waals surface area contributed by atoms with Crippen LogP contribution in [0.2, 0.25) is 0 Å². The summed E-state index contributed by atoms with van der Waals surface area (Å²) in [5.41, 5.74) is 3.51. The highest BCUT2D eigenvalue weighted by molar-refractivity contribution is 5.82. The molecule has 0 unspecified atom stereocenters. The van der Waals surface area contributed by atoms with Gasteiger partial charge in [0.15, 0.2) is 0 Å². The molecule has 1 amide bonds. The number of ether oxygens (including phenoxy) is 1. The van der Waals surface area contributed by atoms with Crippen molar-refractivity contribution in [2.24, 2.45) is 5.92 Å². The van der Waals surface area contributed by atoms with E-state index in [1.54, 1.807) is 7.11 Å². The number of fused-ring (bicyclic) bond motifs is 3. The van der Waals surface area contributed by atoms with Gasteiger partial charge in [0.05, 0.1) is 19.1 Å². The number of hydrogen-bond acceptors (Lipinski definition) is 4. The lowest BCUT2D eigenvalue weighted by molar-refractivity contribution is -0.126. The minimum absolute atomic E-state index is 0.0671. The molecule has 2 fully saturated rings. The first-order chi connectivity index (χ1) is 14.6. The maximum Gasteiger partial charge on any atom is 0.225 e. The molecular weight excluding hydrogens is 381 g/mol. The van der Waals surface area contributed by atoms with Crippen molar-refractivity contribution >= 4 is 11.6 Å². The zero-order valence-corrected chi connectivity index (χ0v) is 17.3. The molecule has 0 radical (unpaired) electrons. The van der Waals surface area contributed by atoms with Gasteiger partial charge in [-0.1, -0.05) is 18.2 Å². The normalized spacial score (nSPS) is 23.5. The Morgan fingerprint density at radius 3 is 2.70 bits per heavy atom. The van der Waals surface area contributed by atoms with E-state index < -0.39 is 0 Å². The number of halogens is 1. The number of anilines is 1. The van der Waals surface area contributed by atoms with Crippen molar-refractivity contribution in [1.82, 2.24) is 10.2 Å². The number of methoxy groups -OCH3 is 1. The Morgan fingerprint density at radius 2 is 1.97 bits per heavy atom. The summed E-state index contributed by atoms with van der Waals surface area (Å²) in [6.07, 6.45) is 2.94. The molecule has 5 rings (SSSR count). The lowest BCUT2D eigenvalue weighted by Gasteiger charge is -2.49. The molecule has 30 heavy (non-hydrogen) atoms. The monoisotopic (exact) mass is 409 g/mol. The summed E-state index contributed by atoms with van der Waals surface area (Å²) >= 11 is 0. The maximum atomic E-state index is 13.3. The molecule has 6 heteroatoms. The first-order valence-electron chi connectivity index (χ1n) is 10.8. The number of hydrogen-bond donors (Lipinski definition) is 1. The van der Waals surface area contributed by atoms with Crippen molar-refractivity contribution in [3.05, 3.63) is 59.4 Å². The van der Waals surface area contributed by atoms with Crippen LogP contribution in [0.5, 0.6) is 5.75 Å². The Balaban J connectivity index is 1.40. The van der Waals surface area contributed by atoms with E-state index in [9.17, 15) is 9.18 Å². The molecule has 0 aromatic heterocycles. The summed E-state index contributed by atoms with van der Waals surface area (Å²) in [6, 6.07) is 13.4. The number of carbonyl (C=O) groups excluding carboxylic acids is 1. The molecule has 1 saturated heterocycles. The number of benzene rings is 2. The Labute approximate surface area is 176 Å². The van der Waals surface area contributed by atoms with E-state index in [0.29, 0.717) is 6.04 Å². The topological polar surface area (TPSA) is 44.8 Å². The van der Waals surface area contributed by atoms with Gasteiger partial charge in [-0.05, 0) is 48.6 Å². The van der Waals surface area contributed by atoms with E-state index in [4.69, 9.17) is 4.74 Å². The SMILES string of the molecule is COc1ccc2c(c1)N1CCN(Cc3ccc(F)cc3)C[C@@H]1[C@H](C(=O)NC1CC1)C2. The zero-order valence-electron chi connectivity index (χ0n) is 17.3. The van der Waals surface area contributed by atoms with Gasteiger partial charge in [-0.25, -0.2) is 4.39 Å². The summed E-state index contributed by atoms with van der Waals surface area (Å²) in [5.74, 6) is 0.750. The molecule has 0 spiro atoms. The van der Waals surface area contributed by atoms with E-state index >= 15 is 0 Å². The van der Waals surface area contributed by atoms with Crippen LogP contribution in [0.15, 0.2) is 42.5 Å². The third-order valence-electron chi connectivity index (χ3n) is 6.59. The number of amides is 1. The van der Waals surface area contributed by atoms with Gasteiger partial charge in [-0.3, -0.25) is 9.69 Å². The number of nitrogens with one attached hydrogen (secondary N) is 1. The Bertz CT molecular complexity index is 929. The second-order valence-corrected chi connectivity index (χ2v) is 8.71. The smallest absolute Gasteiger partial charge is 0.225 e. The molecular formula is C24H28FN3O2. The third-order valence-corrected chi connectivity index (χ3v) is 6.59. The number of rotatable bonds is 5. The first-order valence-corrected chi connectivity index (χ1v) is 10.8. The number of carbonyl (C=O) groups is 1. The van der Waals surface area contributed by atoms with Crippen LogP contribution in [-0.2, 0) is 17.8 Å². The average molecular weight is 410 g/mol. The Kier molecular flexibility index (Phi) is 5.11. The molecule has 2 heterocycles. The highest BCUT2D eigenvalue weighted by Crippen LogP contribution is 2.38. The second-order valence-electron chi connectivity index (χ2n) is 8.71. The van der Waals surface area contributed by atoms with Crippen LogP contribution in [0.1, 0.15) is 24.0 Å². The standard InChI is InChI=1S/C24H28FN3O2/c1-30-20-9-4-17-12-21(24(29)26-19-7-8-19)23-15-27(10-11-28(23)22(17)13-20)14-16-2-5-18(25)6-3-16/h2-6,9,13,19,21,23H,7-8,10-12,14-15H2,1H3,(H,26,29)/t21-,23-/m1/s1. The van der Waals surface area contributed by atoms with Crippen molar-refractivity contribution in [1.29, 1.82) is 0 Å². The van der Waals surface area contributed by atoms with Gasteiger partial charge in [0.1, 0.15) is 11.6 Å². The molecule has 158 valence electrons. The van der Waals surface area contributed by atoms with Gasteiger partial charge in [0.25, 0.3) is 0 Å².